The first-order valence-corrected chi connectivity index (χ1v) is 8.03. The zero-order valence-electron chi connectivity index (χ0n) is 11.3. The Morgan fingerprint density at radius 3 is 2.45 bits per heavy atom. The Morgan fingerprint density at radius 2 is 1.95 bits per heavy atom. The number of carbonyl (C=O) groups is 1. The Labute approximate surface area is 118 Å². The van der Waals surface area contributed by atoms with Crippen molar-refractivity contribution in [2.45, 2.75) is 43.2 Å². The summed E-state index contributed by atoms with van der Waals surface area (Å²) >= 11 is 0. The molecule has 4 N–H and O–H groups in total. The van der Waals surface area contributed by atoms with Gasteiger partial charge in [0.15, 0.2) is 0 Å². The normalized spacial score (nSPS) is 16.7. The molecule has 0 saturated heterocycles. The number of hydrogen-bond donors (Lipinski definition) is 3. The van der Waals surface area contributed by atoms with E-state index in [0.29, 0.717) is 5.69 Å². The third-order valence-corrected chi connectivity index (χ3v) is 4.39. The molecule has 20 heavy (non-hydrogen) atoms. The Hall–Kier alpha value is -1.44. The van der Waals surface area contributed by atoms with Gasteiger partial charge >= 0.3 is 0 Å². The van der Waals surface area contributed by atoms with Crippen molar-refractivity contribution in [1.29, 1.82) is 0 Å². The summed E-state index contributed by atoms with van der Waals surface area (Å²) < 4.78 is 26.5. The van der Waals surface area contributed by atoms with Crippen LogP contribution in [0, 0.1) is 0 Å². The Bertz CT molecular complexity index is 577. The van der Waals surface area contributed by atoms with Gasteiger partial charge in [0.05, 0.1) is 4.90 Å². The van der Waals surface area contributed by atoms with Crippen LogP contribution in [0.2, 0.25) is 0 Å². The second-order valence-corrected chi connectivity index (χ2v) is 6.86. The SMILES string of the molecule is CC(N)CC(=O)Nc1ccc(S(=O)(=O)NC2CC2)cc1. The van der Waals surface area contributed by atoms with Crippen LogP contribution in [-0.2, 0) is 14.8 Å². The zero-order valence-corrected chi connectivity index (χ0v) is 12.1. The van der Waals surface area contributed by atoms with Crippen molar-refractivity contribution < 1.29 is 13.2 Å². The molecule has 0 heterocycles. The number of rotatable bonds is 6. The second-order valence-electron chi connectivity index (χ2n) is 5.15. The summed E-state index contributed by atoms with van der Waals surface area (Å²) in [5.41, 5.74) is 6.09. The molecule has 7 heteroatoms. The lowest BCUT2D eigenvalue weighted by atomic mass is 10.2. The van der Waals surface area contributed by atoms with E-state index in [1.165, 1.54) is 12.1 Å². The van der Waals surface area contributed by atoms with Gasteiger partial charge in [-0.3, -0.25) is 4.79 Å². The van der Waals surface area contributed by atoms with E-state index in [1.54, 1.807) is 19.1 Å². The average Bonchev–Trinajstić information content (AvgIpc) is 3.11. The summed E-state index contributed by atoms with van der Waals surface area (Å²) in [6, 6.07) is 5.96. The standard InChI is InChI=1S/C13H19N3O3S/c1-9(14)8-13(17)15-10-4-6-12(7-5-10)20(18,19)16-11-2-3-11/h4-7,9,11,16H,2-3,8,14H2,1H3,(H,15,17). The molecule has 1 aromatic carbocycles. The van der Waals surface area contributed by atoms with Gasteiger partial charge in [-0.1, -0.05) is 0 Å². The van der Waals surface area contributed by atoms with Crippen LogP contribution < -0.4 is 15.8 Å². The maximum atomic E-state index is 11.9. The number of nitrogens with one attached hydrogen (secondary N) is 2. The molecule has 1 aliphatic carbocycles. The molecular weight excluding hydrogens is 278 g/mol. The monoisotopic (exact) mass is 297 g/mol. The number of benzene rings is 1. The lowest BCUT2D eigenvalue weighted by molar-refractivity contribution is -0.116. The van der Waals surface area contributed by atoms with Crippen LogP contribution >= 0.6 is 0 Å². The van der Waals surface area contributed by atoms with Crippen molar-refractivity contribution in [2.24, 2.45) is 5.73 Å². The fourth-order valence-corrected chi connectivity index (χ4v) is 3.02. The van der Waals surface area contributed by atoms with E-state index >= 15 is 0 Å². The van der Waals surface area contributed by atoms with Gasteiger partial charge in [0.2, 0.25) is 15.9 Å². The summed E-state index contributed by atoms with van der Waals surface area (Å²) in [6.45, 7) is 1.75. The first-order valence-electron chi connectivity index (χ1n) is 6.54. The molecule has 0 spiro atoms. The van der Waals surface area contributed by atoms with Crippen molar-refractivity contribution >= 4 is 21.6 Å². The molecular formula is C13H19N3O3S. The van der Waals surface area contributed by atoms with Gasteiger partial charge in [-0.15, -0.1) is 0 Å². The highest BCUT2D eigenvalue weighted by Crippen LogP contribution is 2.22. The molecule has 1 atom stereocenters. The first-order chi connectivity index (χ1) is 9.37. The highest BCUT2D eigenvalue weighted by Gasteiger charge is 2.27. The van der Waals surface area contributed by atoms with Gasteiger partial charge in [0.25, 0.3) is 0 Å². The highest BCUT2D eigenvalue weighted by molar-refractivity contribution is 7.89. The van der Waals surface area contributed by atoms with E-state index in [0.717, 1.165) is 12.8 Å². The predicted molar refractivity (Wildman–Crippen MR) is 76.7 cm³/mol. The van der Waals surface area contributed by atoms with Crippen LogP contribution in [-0.4, -0.2) is 26.4 Å². The van der Waals surface area contributed by atoms with Gasteiger partial charge in [0.1, 0.15) is 0 Å². The maximum Gasteiger partial charge on any atom is 0.240 e. The molecule has 1 aromatic rings. The van der Waals surface area contributed by atoms with E-state index in [-0.39, 0.29) is 29.3 Å². The minimum Gasteiger partial charge on any atom is -0.327 e. The minimum absolute atomic E-state index is 0.0745. The summed E-state index contributed by atoms with van der Waals surface area (Å²) in [5.74, 6) is -0.188. The van der Waals surface area contributed by atoms with Crippen LogP contribution in [0.5, 0.6) is 0 Å². The molecule has 1 saturated carbocycles. The third kappa shape index (κ3) is 4.29. The number of anilines is 1. The molecule has 1 aliphatic rings. The van der Waals surface area contributed by atoms with E-state index in [9.17, 15) is 13.2 Å². The van der Waals surface area contributed by atoms with E-state index < -0.39 is 10.0 Å². The molecule has 6 nitrogen and oxygen atoms in total. The third-order valence-electron chi connectivity index (χ3n) is 2.85. The Kier molecular flexibility index (Phi) is 4.42. The lowest BCUT2D eigenvalue weighted by Crippen LogP contribution is -2.26. The largest absolute Gasteiger partial charge is 0.327 e. The van der Waals surface area contributed by atoms with Crippen molar-refractivity contribution in [3.8, 4) is 0 Å². The molecule has 1 unspecified atom stereocenters. The number of hydrogen-bond acceptors (Lipinski definition) is 4. The molecule has 0 aliphatic heterocycles. The number of sulfonamides is 1. The molecule has 0 bridgehead atoms. The topological polar surface area (TPSA) is 101 Å². The van der Waals surface area contributed by atoms with Crippen LogP contribution in [0.1, 0.15) is 26.2 Å². The molecule has 0 aromatic heterocycles. The van der Waals surface area contributed by atoms with Gasteiger partial charge in [-0.2, -0.15) is 0 Å². The van der Waals surface area contributed by atoms with E-state index in [1.807, 2.05) is 0 Å². The summed E-state index contributed by atoms with van der Waals surface area (Å²) in [5, 5.41) is 2.67. The fraction of sp³-hybridized carbons (Fsp3) is 0.462. The summed E-state index contributed by atoms with van der Waals surface area (Å²) in [6.07, 6.45) is 2.01. The number of amides is 1. The van der Waals surface area contributed by atoms with Crippen molar-refractivity contribution in [2.75, 3.05) is 5.32 Å². The van der Waals surface area contributed by atoms with Crippen LogP contribution in [0.15, 0.2) is 29.2 Å². The molecule has 110 valence electrons. The van der Waals surface area contributed by atoms with Crippen LogP contribution in [0.4, 0.5) is 5.69 Å². The van der Waals surface area contributed by atoms with Gasteiger partial charge < -0.3 is 11.1 Å². The van der Waals surface area contributed by atoms with Crippen LogP contribution in [0.3, 0.4) is 0 Å². The van der Waals surface area contributed by atoms with Gasteiger partial charge in [-0.05, 0) is 44.0 Å². The van der Waals surface area contributed by atoms with Gasteiger partial charge in [-0.25, -0.2) is 13.1 Å². The Balaban J connectivity index is 2.00. The number of carbonyl (C=O) groups excluding carboxylic acids is 1. The van der Waals surface area contributed by atoms with Crippen LogP contribution in [0.25, 0.3) is 0 Å². The average molecular weight is 297 g/mol. The molecule has 2 rings (SSSR count). The highest BCUT2D eigenvalue weighted by atomic mass is 32.2. The quantitative estimate of drug-likeness (QED) is 0.723. The molecule has 1 amide bonds. The van der Waals surface area contributed by atoms with Crippen molar-refractivity contribution in [3.63, 3.8) is 0 Å². The Morgan fingerprint density at radius 1 is 1.35 bits per heavy atom. The van der Waals surface area contributed by atoms with E-state index in [4.69, 9.17) is 5.73 Å². The minimum atomic E-state index is -3.44. The predicted octanol–water partition coefficient (Wildman–Crippen LogP) is 0.803. The first kappa shape index (κ1) is 15.0. The fourth-order valence-electron chi connectivity index (χ4n) is 1.71. The second kappa shape index (κ2) is 5.90. The molecule has 1 fully saturated rings. The zero-order chi connectivity index (χ0) is 14.8. The number of nitrogens with two attached hydrogens (primary N) is 1. The summed E-state index contributed by atoms with van der Waals surface area (Å²) in [7, 11) is -3.44. The van der Waals surface area contributed by atoms with E-state index in [2.05, 4.69) is 10.0 Å². The molecule has 0 radical (unpaired) electrons. The lowest BCUT2D eigenvalue weighted by Gasteiger charge is -2.09. The van der Waals surface area contributed by atoms with Gasteiger partial charge in [0, 0.05) is 24.2 Å². The smallest absolute Gasteiger partial charge is 0.240 e. The maximum absolute atomic E-state index is 11.9. The van der Waals surface area contributed by atoms with Crippen molar-refractivity contribution in [3.05, 3.63) is 24.3 Å². The van der Waals surface area contributed by atoms with Crippen molar-refractivity contribution in [1.82, 2.24) is 4.72 Å². The summed E-state index contributed by atoms with van der Waals surface area (Å²) in [4.78, 5) is 11.7.